The van der Waals surface area contributed by atoms with Gasteiger partial charge in [-0.3, -0.25) is 0 Å². The molecular weight excluding hydrogens is 279 g/mol. The third-order valence-corrected chi connectivity index (χ3v) is 3.70. The molecule has 0 fully saturated rings. The minimum absolute atomic E-state index is 0.313. The van der Waals surface area contributed by atoms with Gasteiger partial charge in [-0.15, -0.1) is 10.2 Å². The Labute approximate surface area is 120 Å². The monoisotopic (exact) mass is 290 g/mol. The topological polar surface area (TPSA) is 43.1 Å². The number of fused-ring (bicyclic) bond motifs is 1. The summed E-state index contributed by atoms with van der Waals surface area (Å²) in [5, 5.41) is 12.9. The Hall–Kier alpha value is -2.01. The van der Waals surface area contributed by atoms with E-state index in [4.69, 9.17) is 11.6 Å². The van der Waals surface area contributed by atoms with Gasteiger partial charge in [0.2, 0.25) is 0 Å². The molecule has 0 amide bonds. The summed E-state index contributed by atoms with van der Waals surface area (Å²) >= 11 is 6.11. The van der Waals surface area contributed by atoms with Crippen molar-refractivity contribution in [2.45, 2.75) is 20.8 Å². The Bertz CT molecular complexity index is 805. The van der Waals surface area contributed by atoms with Crippen LogP contribution in [0.15, 0.2) is 18.2 Å². The molecule has 0 aliphatic heterocycles. The first-order chi connectivity index (χ1) is 9.47. The van der Waals surface area contributed by atoms with E-state index >= 15 is 0 Å². The van der Waals surface area contributed by atoms with Crippen molar-refractivity contribution in [3.05, 3.63) is 45.9 Å². The lowest BCUT2D eigenvalue weighted by Crippen LogP contribution is -2.00. The van der Waals surface area contributed by atoms with E-state index in [2.05, 4.69) is 15.3 Å². The summed E-state index contributed by atoms with van der Waals surface area (Å²) in [5.41, 5.74) is 3.85. The van der Waals surface area contributed by atoms with E-state index in [0.717, 1.165) is 16.7 Å². The fourth-order valence-corrected chi connectivity index (χ4v) is 2.36. The van der Waals surface area contributed by atoms with Gasteiger partial charge in [0.1, 0.15) is 5.82 Å². The summed E-state index contributed by atoms with van der Waals surface area (Å²) in [6.45, 7) is 5.62. The molecule has 0 aliphatic carbocycles. The summed E-state index contributed by atoms with van der Waals surface area (Å²) in [4.78, 5) is 0. The van der Waals surface area contributed by atoms with Crippen LogP contribution in [0.2, 0.25) is 5.15 Å². The van der Waals surface area contributed by atoms with Crippen LogP contribution in [0.4, 0.5) is 4.39 Å². The van der Waals surface area contributed by atoms with Crippen LogP contribution in [0.25, 0.3) is 17.0 Å². The molecule has 0 N–H and O–H groups in total. The first kappa shape index (κ1) is 13.0. The van der Waals surface area contributed by atoms with Crippen LogP contribution in [-0.2, 0) is 0 Å². The predicted octanol–water partition coefficient (Wildman–Crippen LogP) is 3.51. The molecule has 0 spiro atoms. The third kappa shape index (κ3) is 1.94. The van der Waals surface area contributed by atoms with Gasteiger partial charge in [0.25, 0.3) is 0 Å². The molecule has 3 aromatic rings. The van der Waals surface area contributed by atoms with E-state index in [1.165, 1.54) is 12.1 Å². The number of nitrogens with zero attached hydrogens (tertiary/aromatic N) is 4. The van der Waals surface area contributed by atoms with Gasteiger partial charge in [0.05, 0.1) is 0 Å². The lowest BCUT2D eigenvalue weighted by molar-refractivity contribution is 0.627. The molecule has 0 bridgehead atoms. The van der Waals surface area contributed by atoms with E-state index in [1.807, 2.05) is 26.8 Å². The Morgan fingerprint density at radius 2 is 1.80 bits per heavy atom. The second kappa shape index (κ2) is 4.52. The van der Waals surface area contributed by atoms with Crippen LogP contribution >= 0.6 is 11.6 Å². The number of aromatic nitrogens is 4. The van der Waals surface area contributed by atoms with Crippen LogP contribution in [-0.4, -0.2) is 19.8 Å². The number of halogens is 2. The molecule has 3 rings (SSSR count). The second-order valence-corrected chi connectivity index (χ2v) is 5.18. The zero-order valence-electron chi connectivity index (χ0n) is 11.3. The van der Waals surface area contributed by atoms with Gasteiger partial charge in [-0.25, -0.2) is 4.39 Å². The van der Waals surface area contributed by atoms with Crippen molar-refractivity contribution in [1.82, 2.24) is 19.8 Å². The maximum atomic E-state index is 13.5. The van der Waals surface area contributed by atoms with Crippen molar-refractivity contribution in [2.75, 3.05) is 0 Å². The zero-order chi connectivity index (χ0) is 14.4. The maximum absolute atomic E-state index is 13.5. The van der Waals surface area contributed by atoms with Gasteiger partial charge in [-0.05, 0) is 50.1 Å². The first-order valence-corrected chi connectivity index (χ1v) is 6.51. The van der Waals surface area contributed by atoms with Crippen LogP contribution in [0.1, 0.15) is 16.7 Å². The maximum Gasteiger partial charge on any atom is 0.185 e. The highest BCUT2D eigenvalue weighted by Crippen LogP contribution is 2.25. The minimum atomic E-state index is -0.313. The molecule has 0 saturated carbocycles. The van der Waals surface area contributed by atoms with Crippen LogP contribution in [0.3, 0.4) is 0 Å². The normalized spacial score (nSPS) is 11.2. The molecular formula is C14H12ClFN4. The molecule has 6 heteroatoms. The number of hydrogen-bond donors (Lipinski definition) is 0. The largest absolute Gasteiger partial charge is 0.207 e. The van der Waals surface area contributed by atoms with Gasteiger partial charge in [-0.1, -0.05) is 11.6 Å². The fraction of sp³-hybridized carbons (Fsp3) is 0.214. The Morgan fingerprint density at radius 3 is 2.50 bits per heavy atom. The van der Waals surface area contributed by atoms with Crippen LogP contribution in [0, 0.1) is 26.6 Å². The van der Waals surface area contributed by atoms with Crippen molar-refractivity contribution in [2.24, 2.45) is 0 Å². The molecule has 0 saturated heterocycles. The lowest BCUT2D eigenvalue weighted by Gasteiger charge is -2.05. The molecule has 20 heavy (non-hydrogen) atoms. The van der Waals surface area contributed by atoms with Gasteiger partial charge >= 0.3 is 0 Å². The number of aryl methyl sites for hydroxylation is 2. The second-order valence-electron chi connectivity index (χ2n) is 4.82. The molecule has 0 radical (unpaired) electrons. The van der Waals surface area contributed by atoms with E-state index in [-0.39, 0.29) is 5.82 Å². The summed E-state index contributed by atoms with van der Waals surface area (Å²) in [6, 6.07) is 4.71. The Kier molecular flexibility index (Phi) is 2.94. The predicted molar refractivity (Wildman–Crippen MR) is 75.4 cm³/mol. The summed E-state index contributed by atoms with van der Waals surface area (Å²) < 4.78 is 15.1. The average Bonchev–Trinajstić information content (AvgIpc) is 2.78. The smallest absolute Gasteiger partial charge is 0.185 e. The summed E-state index contributed by atoms with van der Waals surface area (Å²) in [6.07, 6.45) is 0. The molecule has 1 aromatic carbocycles. The standard InChI is InChI=1S/C14H12ClFN4/c1-7-4-10(6-11(16)5-7)14-18-17-13-9(3)8(2)12(15)19-20(13)14/h4-6H,1-3H3. The van der Waals surface area contributed by atoms with Crippen molar-refractivity contribution in [3.8, 4) is 11.4 Å². The van der Waals surface area contributed by atoms with Crippen LogP contribution in [0.5, 0.6) is 0 Å². The first-order valence-electron chi connectivity index (χ1n) is 6.13. The minimum Gasteiger partial charge on any atom is -0.207 e. The number of benzene rings is 1. The van der Waals surface area contributed by atoms with E-state index in [0.29, 0.717) is 22.2 Å². The van der Waals surface area contributed by atoms with Gasteiger partial charge in [0, 0.05) is 11.1 Å². The van der Waals surface area contributed by atoms with Gasteiger partial charge in [-0.2, -0.15) is 9.61 Å². The van der Waals surface area contributed by atoms with E-state index < -0.39 is 0 Å². The third-order valence-electron chi connectivity index (χ3n) is 3.34. The summed E-state index contributed by atoms with van der Waals surface area (Å²) in [7, 11) is 0. The van der Waals surface area contributed by atoms with E-state index in [1.54, 1.807) is 4.52 Å². The van der Waals surface area contributed by atoms with Crippen molar-refractivity contribution >= 4 is 17.2 Å². The van der Waals surface area contributed by atoms with Crippen LogP contribution < -0.4 is 0 Å². The number of rotatable bonds is 1. The van der Waals surface area contributed by atoms with Crippen molar-refractivity contribution in [3.63, 3.8) is 0 Å². The molecule has 102 valence electrons. The molecule has 2 heterocycles. The molecule has 2 aromatic heterocycles. The Morgan fingerprint density at radius 1 is 1.05 bits per heavy atom. The van der Waals surface area contributed by atoms with E-state index in [9.17, 15) is 4.39 Å². The fourth-order valence-electron chi connectivity index (χ4n) is 2.14. The quantitative estimate of drug-likeness (QED) is 0.689. The molecule has 0 aliphatic rings. The van der Waals surface area contributed by atoms with Crippen molar-refractivity contribution < 1.29 is 4.39 Å². The lowest BCUT2D eigenvalue weighted by atomic mass is 10.1. The Balaban J connectivity index is 2.32. The van der Waals surface area contributed by atoms with Crippen molar-refractivity contribution in [1.29, 1.82) is 0 Å². The highest BCUT2D eigenvalue weighted by atomic mass is 35.5. The highest BCUT2D eigenvalue weighted by molar-refractivity contribution is 6.30. The molecule has 0 unspecified atom stereocenters. The molecule has 0 atom stereocenters. The SMILES string of the molecule is Cc1cc(F)cc(-c2nnc3c(C)c(C)c(Cl)nn23)c1. The zero-order valence-corrected chi connectivity index (χ0v) is 12.0. The van der Waals surface area contributed by atoms with Gasteiger partial charge < -0.3 is 0 Å². The average molecular weight is 291 g/mol. The molecule has 4 nitrogen and oxygen atoms in total. The highest BCUT2D eigenvalue weighted by Gasteiger charge is 2.15. The number of hydrogen-bond acceptors (Lipinski definition) is 3. The summed E-state index contributed by atoms with van der Waals surface area (Å²) in [5.74, 6) is 0.166. The van der Waals surface area contributed by atoms with Gasteiger partial charge in [0.15, 0.2) is 16.6 Å².